The van der Waals surface area contributed by atoms with Gasteiger partial charge >= 0.3 is 15.2 Å². The van der Waals surface area contributed by atoms with Crippen LogP contribution in [0.15, 0.2) is 30.3 Å². The van der Waals surface area contributed by atoms with Gasteiger partial charge in [-0.05, 0) is 5.56 Å². The van der Waals surface area contributed by atoms with Crippen LogP contribution in [0.3, 0.4) is 0 Å². The second kappa shape index (κ2) is 7.23. The van der Waals surface area contributed by atoms with Crippen molar-refractivity contribution in [2.75, 3.05) is 13.7 Å². The standard InChI is InChI=1S/C14H20O10S/c1-22-13(18)12(17)11(16)10(7-15)24-14(13,25(19,20)21)23-8-9-5-3-2-4-6-9/h2-6,10-12,15-18H,7-8H2,1H3,(H,19,20,21)/t10-,11-,12+,13-,14-/m1/s1. The van der Waals surface area contributed by atoms with Crippen molar-refractivity contribution in [3.8, 4) is 0 Å². The van der Waals surface area contributed by atoms with E-state index in [2.05, 4.69) is 4.74 Å². The van der Waals surface area contributed by atoms with Crippen LogP contribution >= 0.6 is 0 Å². The SMILES string of the molecule is CO[C@]1(O)[C@@H](O)[C@H](O)[C@@H](CO)O[C@@]1(OCc1ccccc1)S(=O)(=O)O. The number of benzene rings is 1. The van der Waals surface area contributed by atoms with Crippen LogP contribution < -0.4 is 0 Å². The second-order valence-electron chi connectivity index (χ2n) is 5.48. The highest BCUT2D eigenvalue weighted by Crippen LogP contribution is 2.43. The lowest BCUT2D eigenvalue weighted by Gasteiger charge is -2.51. The van der Waals surface area contributed by atoms with E-state index in [1.807, 2.05) is 0 Å². The van der Waals surface area contributed by atoms with Crippen molar-refractivity contribution in [2.24, 2.45) is 0 Å². The Bertz CT molecular complexity index is 680. The lowest BCUT2D eigenvalue weighted by atomic mass is 9.95. The van der Waals surface area contributed by atoms with Crippen LogP contribution in [-0.2, 0) is 30.9 Å². The van der Waals surface area contributed by atoms with Crippen LogP contribution in [0.25, 0.3) is 0 Å². The summed E-state index contributed by atoms with van der Waals surface area (Å²) in [6, 6.07) is 8.12. The molecule has 1 aliphatic heterocycles. The third kappa shape index (κ3) is 3.30. The summed E-state index contributed by atoms with van der Waals surface area (Å²) in [5.41, 5.74) is 0.453. The van der Waals surface area contributed by atoms with Gasteiger partial charge in [-0.1, -0.05) is 30.3 Å². The van der Waals surface area contributed by atoms with Gasteiger partial charge in [0.1, 0.15) is 18.3 Å². The highest BCUT2D eigenvalue weighted by atomic mass is 32.2. The molecule has 0 saturated carbocycles. The Morgan fingerprint density at radius 2 is 1.84 bits per heavy atom. The Labute approximate surface area is 143 Å². The van der Waals surface area contributed by atoms with Gasteiger partial charge in [-0.3, -0.25) is 4.55 Å². The molecule has 1 fully saturated rings. The molecule has 142 valence electrons. The molecule has 0 amide bonds. The van der Waals surface area contributed by atoms with Crippen LogP contribution in [0.1, 0.15) is 5.56 Å². The maximum atomic E-state index is 12.0. The maximum Gasteiger partial charge on any atom is 0.359 e. The minimum absolute atomic E-state index is 0.453. The zero-order chi connectivity index (χ0) is 18.9. The van der Waals surface area contributed by atoms with Crippen molar-refractivity contribution < 1.29 is 47.6 Å². The molecule has 0 unspecified atom stereocenters. The van der Waals surface area contributed by atoms with Crippen LogP contribution in [0.5, 0.6) is 0 Å². The van der Waals surface area contributed by atoms with Crippen molar-refractivity contribution in [3.05, 3.63) is 35.9 Å². The third-order valence-corrected chi connectivity index (χ3v) is 5.14. The van der Waals surface area contributed by atoms with E-state index in [9.17, 15) is 33.4 Å². The molecule has 1 saturated heterocycles. The van der Waals surface area contributed by atoms with Crippen molar-refractivity contribution in [2.45, 2.75) is 35.8 Å². The quantitative estimate of drug-likeness (QED) is 0.281. The summed E-state index contributed by atoms with van der Waals surface area (Å²) in [5.74, 6) is -3.18. The summed E-state index contributed by atoms with van der Waals surface area (Å²) >= 11 is 0. The zero-order valence-corrected chi connectivity index (χ0v) is 14.0. The highest BCUT2D eigenvalue weighted by molar-refractivity contribution is 7.87. The molecule has 0 aliphatic carbocycles. The number of hydrogen-bond acceptors (Lipinski definition) is 9. The Morgan fingerprint density at radius 3 is 2.32 bits per heavy atom. The fourth-order valence-corrected chi connectivity index (χ4v) is 3.60. The first-order valence-electron chi connectivity index (χ1n) is 7.20. The molecule has 0 bridgehead atoms. The Morgan fingerprint density at radius 1 is 1.24 bits per heavy atom. The van der Waals surface area contributed by atoms with Crippen molar-refractivity contribution in [1.82, 2.24) is 0 Å². The number of aliphatic hydroxyl groups excluding tert-OH is 3. The zero-order valence-electron chi connectivity index (χ0n) is 13.2. The first-order valence-corrected chi connectivity index (χ1v) is 8.64. The van der Waals surface area contributed by atoms with Gasteiger partial charge in [-0.15, -0.1) is 0 Å². The summed E-state index contributed by atoms with van der Waals surface area (Å²) in [4.78, 5) is 0. The average molecular weight is 380 g/mol. The number of hydrogen-bond donors (Lipinski definition) is 5. The highest BCUT2D eigenvalue weighted by Gasteiger charge is 2.73. The summed E-state index contributed by atoms with van der Waals surface area (Å²) in [7, 11) is -4.55. The topological polar surface area (TPSA) is 163 Å². The van der Waals surface area contributed by atoms with Crippen molar-refractivity contribution >= 4 is 10.1 Å². The van der Waals surface area contributed by atoms with Crippen molar-refractivity contribution in [3.63, 3.8) is 0 Å². The summed E-state index contributed by atoms with van der Waals surface area (Å²) in [5, 5.41) is 36.5. The molecule has 1 aromatic carbocycles. The molecule has 0 aromatic heterocycles. The van der Waals surface area contributed by atoms with E-state index in [0.29, 0.717) is 5.56 Å². The monoisotopic (exact) mass is 380 g/mol. The Kier molecular flexibility index (Phi) is 5.83. The molecular formula is C14H20O10S. The number of rotatable bonds is 6. The molecule has 1 aromatic rings. The van der Waals surface area contributed by atoms with Crippen LogP contribution in [-0.4, -0.2) is 76.3 Å². The van der Waals surface area contributed by atoms with Gasteiger partial charge in [0, 0.05) is 7.11 Å². The molecule has 11 heteroatoms. The summed E-state index contributed by atoms with van der Waals surface area (Å²) < 4.78 is 48.5. The van der Waals surface area contributed by atoms with E-state index >= 15 is 0 Å². The predicted molar refractivity (Wildman–Crippen MR) is 81.4 cm³/mol. The van der Waals surface area contributed by atoms with E-state index in [1.54, 1.807) is 30.3 Å². The minimum Gasteiger partial charge on any atom is -0.394 e. The van der Waals surface area contributed by atoms with E-state index in [4.69, 9.17) is 9.47 Å². The van der Waals surface area contributed by atoms with Crippen LogP contribution in [0.4, 0.5) is 0 Å². The molecular weight excluding hydrogens is 360 g/mol. The van der Waals surface area contributed by atoms with Crippen molar-refractivity contribution in [1.29, 1.82) is 0 Å². The lowest BCUT2D eigenvalue weighted by molar-refractivity contribution is -0.433. The van der Waals surface area contributed by atoms with Gasteiger partial charge in [0.25, 0.3) is 5.79 Å². The smallest absolute Gasteiger partial charge is 0.359 e. The molecule has 10 nitrogen and oxygen atoms in total. The van der Waals surface area contributed by atoms with Gasteiger partial charge in [-0.25, -0.2) is 0 Å². The molecule has 0 spiro atoms. The first kappa shape index (κ1) is 20.2. The van der Waals surface area contributed by atoms with E-state index in [0.717, 1.165) is 7.11 Å². The fraction of sp³-hybridized carbons (Fsp3) is 0.571. The average Bonchev–Trinajstić information content (AvgIpc) is 2.59. The fourth-order valence-electron chi connectivity index (χ4n) is 2.57. The maximum absolute atomic E-state index is 12.0. The van der Waals surface area contributed by atoms with Gasteiger partial charge in [0.15, 0.2) is 0 Å². The minimum atomic E-state index is -5.38. The number of methoxy groups -OCH3 is 1. The van der Waals surface area contributed by atoms with Gasteiger partial charge in [0.2, 0.25) is 0 Å². The predicted octanol–water partition coefficient (Wildman–Crippen LogP) is -1.81. The molecule has 5 N–H and O–H groups in total. The van der Waals surface area contributed by atoms with E-state index in [-0.39, 0.29) is 0 Å². The van der Waals surface area contributed by atoms with Gasteiger partial charge in [-0.2, -0.15) is 8.42 Å². The number of ether oxygens (including phenoxy) is 3. The summed E-state index contributed by atoms with van der Waals surface area (Å²) in [6.45, 7) is -1.39. The number of aliphatic hydroxyl groups is 4. The Balaban J connectivity index is 2.51. The van der Waals surface area contributed by atoms with Crippen LogP contribution in [0, 0.1) is 0 Å². The largest absolute Gasteiger partial charge is 0.394 e. The van der Waals surface area contributed by atoms with E-state index < -0.39 is 52.6 Å². The summed E-state index contributed by atoms with van der Waals surface area (Å²) in [6.07, 6.45) is -5.87. The normalized spacial score (nSPS) is 36.3. The molecule has 0 radical (unpaired) electrons. The molecule has 25 heavy (non-hydrogen) atoms. The third-order valence-electron chi connectivity index (χ3n) is 3.95. The Hall–Kier alpha value is -1.15. The van der Waals surface area contributed by atoms with Gasteiger partial charge in [0.05, 0.1) is 13.2 Å². The van der Waals surface area contributed by atoms with E-state index in [1.165, 1.54) is 0 Å². The second-order valence-corrected chi connectivity index (χ2v) is 6.97. The lowest BCUT2D eigenvalue weighted by Crippen LogP contribution is -2.76. The molecule has 2 rings (SSSR count). The first-order chi connectivity index (χ1) is 11.6. The molecule has 1 heterocycles. The molecule has 5 atom stereocenters. The van der Waals surface area contributed by atoms with Gasteiger partial charge < -0.3 is 34.6 Å². The van der Waals surface area contributed by atoms with Crippen LogP contribution in [0.2, 0.25) is 0 Å². The molecule has 1 aliphatic rings.